The third-order valence-electron chi connectivity index (χ3n) is 5.30. The van der Waals surface area contributed by atoms with Gasteiger partial charge < -0.3 is 14.6 Å². The zero-order valence-corrected chi connectivity index (χ0v) is 16.2. The van der Waals surface area contributed by atoms with E-state index in [0.717, 1.165) is 64.5 Å². The molecule has 0 aliphatic carbocycles. The second kappa shape index (κ2) is 9.48. The van der Waals surface area contributed by atoms with E-state index >= 15 is 0 Å². The lowest BCUT2D eigenvalue weighted by molar-refractivity contribution is -0.123. The Morgan fingerprint density at radius 2 is 2.04 bits per heavy atom. The van der Waals surface area contributed by atoms with Gasteiger partial charge in [0.25, 0.3) is 0 Å². The Morgan fingerprint density at radius 1 is 1.27 bits per heavy atom. The van der Waals surface area contributed by atoms with Crippen LogP contribution < -0.4 is 5.32 Å². The van der Waals surface area contributed by atoms with Gasteiger partial charge in [0, 0.05) is 70.7 Å². The van der Waals surface area contributed by atoms with Crippen LogP contribution in [0, 0.1) is 0 Å². The van der Waals surface area contributed by atoms with Gasteiger partial charge in [0.05, 0.1) is 12.6 Å². The van der Waals surface area contributed by atoms with Crippen molar-refractivity contribution < 1.29 is 9.53 Å². The average molecular weight is 364 g/mol. The fourth-order valence-electron chi connectivity index (χ4n) is 3.72. The molecule has 0 bridgehead atoms. The number of rotatable bonds is 8. The van der Waals surface area contributed by atoms with Crippen LogP contribution in [0.1, 0.15) is 38.4 Å². The summed E-state index contributed by atoms with van der Waals surface area (Å²) in [6.45, 7) is 12.3. The molecule has 1 N–H and O–H groups in total. The molecule has 1 aromatic rings. The number of imidazole rings is 1. The molecule has 2 aliphatic rings. The van der Waals surface area contributed by atoms with Gasteiger partial charge in [-0.1, -0.05) is 13.8 Å². The first-order valence-corrected chi connectivity index (χ1v) is 9.96. The number of nitrogens with one attached hydrogen (secondary N) is 1. The van der Waals surface area contributed by atoms with Crippen LogP contribution >= 0.6 is 0 Å². The third kappa shape index (κ3) is 5.53. The molecule has 1 atom stereocenters. The lowest BCUT2D eigenvalue weighted by atomic mass is 10.2. The Hall–Kier alpha value is -1.44. The highest BCUT2D eigenvalue weighted by atomic mass is 16.5. The first-order chi connectivity index (χ1) is 12.6. The van der Waals surface area contributed by atoms with Crippen molar-refractivity contribution in [3.63, 3.8) is 0 Å². The first kappa shape index (κ1) is 19.3. The maximum absolute atomic E-state index is 12.1. The van der Waals surface area contributed by atoms with Crippen molar-refractivity contribution in [3.8, 4) is 0 Å². The smallest absolute Gasteiger partial charge is 0.234 e. The number of hydrogen-bond donors (Lipinski definition) is 1. The minimum absolute atomic E-state index is 0.119. The summed E-state index contributed by atoms with van der Waals surface area (Å²) in [6.07, 6.45) is 6.36. The van der Waals surface area contributed by atoms with E-state index in [9.17, 15) is 4.79 Å². The molecule has 0 saturated carbocycles. The number of piperazine rings is 1. The van der Waals surface area contributed by atoms with Crippen molar-refractivity contribution in [3.05, 3.63) is 18.2 Å². The zero-order chi connectivity index (χ0) is 18.4. The van der Waals surface area contributed by atoms with Gasteiger partial charge in [0.1, 0.15) is 5.82 Å². The molecule has 3 rings (SSSR count). The molecule has 146 valence electrons. The molecule has 7 nitrogen and oxygen atoms in total. The molecule has 1 amide bonds. The standard InChI is InChI=1S/C19H33N5O2/c1-16(2)19-20-5-6-24(19)12-11-22-7-9-23(10-8-22)15-18(25)21-14-17-4-3-13-26-17/h5-6,16-17H,3-4,7-15H2,1-2H3,(H,21,25). The van der Waals surface area contributed by atoms with E-state index in [2.05, 4.69) is 44.7 Å². The fourth-order valence-corrected chi connectivity index (χ4v) is 3.72. The van der Waals surface area contributed by atoms with Crippen LogP contribution in [0.5, 0.6) is 0 Å². The normalized spacial score (nSPS) is 22.2. The van der Waals surface area contributed by atoms with Gasteiger partial charge in [0.15, 0.2) is 0 Å². The molecule has 0 aromatic carbocycles. The van der Waals surface area contributed by atoms with Gasteiger partial charge in [-0.2, -0.15) is 0 Å². The lowest BCUT2D eigenvalue weighted by Crippen LogP contribution is -2.50. The highest BCUT2D eigenvalue weighted by molar-refractivity contribution is 5.78. The molecule has 7 heteroatoms. The molecule has 0 spiro atoms. The van der Waals surface area contributed by atoms with Crippen molar-refractivity contribution in [2.24, 2.45) is 0 Å². The zero-order valence-electron chi connectivity index (χ0n) is 16.2. The monoisotopic (exact) mass is 363 g/mol. The van der Waals surface area contributed by atoms with E-state index in [4.69, 9.17) is 4.74 Å². The van der Waals surface area contributed by atoms with E-state index in [-0.39, 0.29) is 12.0 Å². The number of amides is 1. The Kier molecular flexibility index (Phi) is 7.05. The molecule has 0 radical (unpaired) electrons. The summed E-state index contributed by atoms with van der Waals surface area (Å²) in [5, 5.41) is 3.01. The molecule has 3 heterocycles. The second-order valence-electron chi connectivity index (χ2n) is 7.69. The topological polar surface area (TPSA) is 62.6 Å². The van der Waals surface area contributed by atoms with E-state index in [1.54, 1.807) is 0 Å². The molecule has 2 saturated heterocycles. The van der Waals surface area contributed by atoms with Crippen molar-refractivity contribution in [1.82, 2.24) is 24.7 Å². The summed E-state index contributed by atoms with van der Waals surface area (Å²) >= 11 is 0. The maximum atomic E-state index is 12.1. The van der Waals surface area contributed by atoms with Gasteiger partial charge in [-0.3, -0.25) is 14.6 Å². The number of hydrogen-bond acceptors (Lipinski definition) is 5. The van der Waals surface area contributed by atoms with E-state index in [1.807, 2.05) is 6.20 Å². The average Bonchev–Trinajstić information content (AvgIpc) is 3.31. The molecule has 1 unspecified atom stereocenters. The van der Waals surface area contributed by atoms with Crippen LogP contribution in [0.3, 0.4) is 0 Å². The number of carbonyl (C=O) groups is 1. The van der Waals surface area contributed by atoms with Gasteiger partial charge in [-0.05, 0) is 12.8 Å². The SMILES string of the molecule is CC(C)c1nccn1CCN1CCN(CC(=O)NCC2CCCO2)CC1. The van der Waals surface area contributed by atoms with E-state index in [1.165, 1.54) is 0 Å². The van der Waals surface area contributed by atoms with Crippen LogP contribution in [0.15, 0.2) is 12.4 Å². The molecular formula is C19H33N5O2. The van der Waals surface area contributed by atoms with Crippen molar-refractivity contribution in [2.75, 3.05) is 52.4 Å². The highest BCUT2D eigenvalue weighted by Crippen LogP contribution is 2.12. The Bertz CT molecular complexity index is 560. The van der Waals surface area contributed by atoms with Gasteiger partial charge in [0.2, 0.25) is 5.91 Å². The molecule has 2 aliphatic heterocycles. The van der Waals surface area contributed by atoms with Crippen molar-refractivity contribution >= 4 is 5.91 Å². The predicted molar refractivity (Wildman–Crippen MR) is 101 cm³/mol. The van der Waals surface area contributed by atoms with Gasteiger partial charge in [-0.15, -0.1) is 0 Å². The van der Waals surface area contributed by atoms with Gasteiger partial charge >= 0.3 is 0 Å². The van der Waals surface area contributed by atoms with Crippen LogP contribution in [-0.4, -0.2) is 83.8 Å². The molecule has 1 aromatic heterocycles. The van der Waals surface area contributed by atoms with Crippen LogP contribution in [0.2, 0.25) is 0 Å². The summed E-state index contributed by atoms with van der Waals surface area (Å²) in [4.78, 5) is 21.3. The number of carbonyl (C=O) groups excluding carboxylic acids is 1. The lowest BCUT2D eigenvalue weighted by Gasteiger charge is -2.34. The van der Waals surface area contributed by atoms with Crippen LogP contribution in [-0.2, 0) is 16.1 Å². The number of ether oxygens (including phenoxy) is 1. The summed E-state index contributed by atoms with van der Waals surface area (Å²) in [6, 6.07) is 0. The Morgan fingerprint density at radius 3 is 2.73 bits per heavy atom. The first-order valence-electron chi connectivity index (χ1n) is 9.96. The summed E-state index contributed by atoms with van der Waals surface area (Å²) in [7, 11) is 0. The van der Waals surface area contributed by atoms with Crippen LogP contribution in [0.4, 0.5) is 0 Å². The minimum atomic E-state index is 0.119. The van der Waals surface area contributed by atoms with Crippen LogP contribution in [0.25, 0.3) is 0 Å². The number of aromatic nitrogens is 2. The van der Waals surface area contributed by atoms with E-state index < -0.39 is 0 Å². The summed E-state index contributed by atoms with van der Waals surface area (Å²) < 4.78 is 7.81. The third-order valence-corrected chi connectivity index (χ3v) is 5.30. The Balaban J connectivity index is 1.32. The molecular weight excluding hydrogens is 330 g/mol. The molecule has 26 heavy (non-hydrogen) atoms. The van der Waals surface area contributed by atoms with Crippen molar-refractivity contribution in [1.29, 1.82) is 0 Å². The summed E-state index contributed by atoms with van der Waals surface area (Å²) in [5.74, 6) is 1.73. The second-order valence-corrected chi connectivity index (χ2v) is 7.69. The van der Waals surface area contributed by atoms with E-state index in [0.29, 0.717) is 19.0 Å². The largest absolute Gasteiger partial charge is 0.376 e. The van der Waals surface area contributed by atoms with Crippen molar-refractivity contribution in [2.45, 2.75) is 45.3 Å². The summed E-state index contributed by atoms with van der Waals surface area (Å²) in [5.41, 5.74) is 0. The quantitative estimate of drug-likeness (QED) is 0.744. The van der Waals surface area contributed by atoms with Gasteiger partial charge in [-0.25, -0.2) is 4.98 Å². The number of nitrogens with zero attached hydrogens (tertiary/aromatic N) is 4. The Labute approximate surface area is 156 Å². The fraction of sp³-hybridized carbons (Fsp3) is 0.789. The highest BCUT2D eigenvalue weighted by Gasteiger charge is 2.20. The maximum Gasteiger partial charge on any atom is 0.234 e. The minimum Gasteiger partial charge on any atom is -0.376 e. The molecule has 2 fully saturated rings. The predicted octanol–water partition coefficient (Wildman–Crippen LogP) is 0.919.